The van der Waals surface area contributed by atoms with Gasteiger partial charge in [0.15, 0.2) is 23.0 Å². The lowest BCUT2D eigenvalue weighted by molar-refractivity contribution is 0.0697. The van der Waals surface area contributed by atoms with E-state index < -0.39 is 5.97 Å². The monoisotopic (exact) mass is 451 g/mol. The van der Waals surface area contributed by atoms with E-state index >= 15 is 0 Å². The number of halogens is 1. The number of fused-ring (bicyclic) bond motifs is 1. The summed E-state index contributed by atoms with van der Waals surface area (Å²) in [5.74, 6) is 0.939. The Morgan fingerprint density at radius 2 is 1.45 bits per heavy atom. The summed E-state index contributed by atoms with van der Waals surface area (Å²) in [5.41, 5.74) is 0.732. The average molecular weight is 452 g/mol. The van der Waals surface area contributed by atoms with Crippen LogP contribution < -0.4 is 29.0 Å². The van der Waals surface area contributed by atoms with Gasteiger partial charge in [0.25, 0.3) is 0 Å². The van der Waals surface area contributed by atoms with Crippen molar-refractivity contribution >= 4 is 40.8 Å². The number of aromatic carboxylic acids is 1. The molecule has 0 aliphatic heterocycles. The zero-order valence-corrected chi connectivity index (χ0v) is 18.3. The molecule has 0 saturated carbocycles. The highest BCUT2D eigenvalue weighted by Crippen LogP contribution is 2.45. The van der Waals surface area contributed by atoms with Crippen LogP contribution in [0.3, 0.4) is 0 Å². The fourth-order valence-corrected chi connectivity index (χ4v) is 3.07. The van der Waals surface area contributed by atoms with Gasteiger partial charge in [-0.3, -0.25) is 0 Å². The number of aromatic nitrogens is 2. The first kappa shape index (κ1) is 23.6. The number of hydrogen-bond acceptors (Lipinski definition) is 9. The second kappa shape index (κ2) is 9.90. The van der Waals surface area contributed by atoms with Gasteiger partial charge >= 0.3 is 5.97 Å². The quantitative estimate of drug-likeness (QED) is 0.525. The van der Waals surface area contributed by atoms with Crippen molar-refractivity contribution in [3.63, 3.8) is 0 Å². The van der Waals surface area contributed by atoms with E-state index in [1.54, 1.807) is 6.07 Å². The minimum atomic E-state index is -1.15. The summed E-state index contributed by atoms with van der Waals surface area (Å²) in [5, 5.41) is 13.2. The van der Waals surface area contributed by atoms with Crippen molar-refractivity contribution in [2.75, 3.05) is 40.9 Å². The standard InChI is InChI=1S/C20H21N3O7.ClH/c1-26-13-6-10(20(24)25)11(7-14(13)27-2)23-19-16-12(21-9-22-19)8-15(28-3)17(29-4)18(16)30-5;/h6-9H,1-5H3,(H,24,25)(H,21,22,23);1H. The van der Waals surface area contributed by atoms with Gasteiger partial charge in [-0.2, -0.15) is 0 Å². The van der Waals surface area contributed by atoms with E-state index in [2.05, 4.69) is 15.3 Å². The highest BCUT2D eigenvalue weighted by Gasteiger charge is 2.22. The molecule has 0 unspecified atom stereocenters. The molecule has 1 heterocycles. The molecule has 0 spiro atoms. The van der Waals surface area contributed by atoms with Gasteiger partial charge in [-0.25, -0.2) is 14.8 Å². The van der Waals surface area contributed by atoms with Gasteiger partial charge in [-0.05, 0) is 0 Å². The topological polar surface area (TPSA) is 121 Å². The molecule has 0 atom stereocenters. The van der Waals surface area contributed by atoms with Gasteiger partial charge < -0.3 is 34.1 Å². The number of rotatable bonds is 8. The van der Waals surface area contributed by atoms with Gasteiger partial charge in [-0.1, -0.05) is 0 Å². The van der Waals surface area contributed by atoms with Crippen LogP contribution in [0.5, 0.6) is 28.7 Å². The second-order valence-electron chi connectivity index (χ2n) is 5.94. The third-order valence-electron chi connectivity index (χ3n) is 4.44. The minimum absolute atomic E-state index is 0. The summed E-state index contributed by atoms with van der Waals surface area (Å²) in [6.07, 6.45) is 1.34. The molecule has 0 fully saturated rings. The molecule has 3 aromatic rings. The maximum absolute atomic E-state index is 11.8. The van der Waals surface area contributed by atoms with Gasteiger partial charge in [0.05, 0.1) is 57.7 Å². The van der Waals surface area contributed by atoms with Crippen LogP contribution in [0.25, 0.3) is 10.9 Å². The molecule has 0 radical (unpaired) electrons. The highest BCUT2D eigenvalue weighted by molar-refractivity contribution is 6.02. The van der Waals surface area contributed by atoms with Crippen LogP contribution in [0.1, 0.15) is 10.4 Å². The van der Waals surface area contributed by atoms with Crippen molar-refractivity contribution in [2.24, 2.45) is 0 Å². The van der Waals surface area contributed by atoms with E-state index in [-0.39, 0.29) is 29.4 Å². The van der Waals surface area contributed by atoms with Crippen molar-refractivity contribution < 1.29 is 33.6 Å². The Balaban J connectivity index is 0.00000341. The van der Waals surface area contributed by atoms with Crippen molar-refractivity contribution in [1.82, 2.24) is 9.97 Å². The van der Waals surface area contributed by atoms with E-state index in [0.717, 1.165) is 0 Å². The summed E-state index contributed by atoms with van der Waals surface area (Å²) in [7, 11) is 7.36. The number of carboxylic acids is 1. The first-order chi connectivity index (χ1) is 14.5. The largest absolute Gasteiger partial charge is 0.493 e. The molecule has 166 valence electrons. The van der Waals surface area contributed by atoms with Crippen LogP contribution in [0.4, 0.5) is 11.5 Å². The SMILES string of the molecule is COc1cc(Nc2ncnc3cc(OC)c(OC)c(OC)c23)c(C(=O)O)cc1OC.Cl. The molecule has 0 amide bonds. The Morgan fingerprint density at radius 1 is 0.839 bits per heavy atom. The molecule has 0 saturated heterocycles. The van der Waals surface area contributed by atoms with Gasteiger partial charge in [0.1, 0.15) is 12.1 Å². The molecule has 0 aliphatic rings. The van der Waals surface area contributed by atoms with Crippen molar-refractivity contribution in [2.45, 2.75) is 0 Å². The number of hydrogen-bond donors (Lipinski definition) is 2. The van der Waals surface area contributed by atoms with E-state index in [4.69, 9.17) is 23.7 Å². The molecule has 10 nitrogen and oxygen atoms in total. The second-order valence-corrected chi connectivity index (χ2v) is 5.94. The predicted molar refractivity (Wildman–Crippen MR) is 116 cm³/mol. The number of nitrogens with zero attached hydrogens (tertiary/aromatic N) is 2. The zero-order chi connectivity index (χ0) is 21.8. The molecule has 31 heavy (non-hydrogen) atoms. The number of nitrogens with one attached hydrogen (secondary N) is 1. The molecule has 0 aliphatic carbocycles. The maximum Gasteiger partial charge on any atom is 0.337 e. The van der Waals surface area contributed by atoms with E-state index in [1.807, 2.05) is 0 Å². The number of benzene rings is 2. The molecule has 3 rings (SSSR count). The number of carbonyl (C=O) groups is 1. The van der Waals surface area contributed by atoms with E-state index in [0.29, 0.717) is 39.7 Å². The maximum atomic E-state index is 11.8. The van der Waals surface area contributed by atoms with Crippen LogP contribution >= 0.6 is 12.4 Å². The van der Waals surface area contributed by atoms with Crippen molar-refractivity contribution in [1.29, 1.82) is 0 Å². The molecule has 11 heteroatoms. The number of anilines is 2. The van der Waals surface area contributed by atoms with Gasteiger partial charge in [0.2, 0.25) is 5.75 Å². The van der Waals surface area contributed by atoms with Crippen LogP contribution in [-0.2, 0) is 0 Å². The van der Waals surface area contributed by atoms with E-state index in [1.165, 1.54) is 54.0 Å². The van der Waals surface area contributed by atoms with Crippen LogP contribution in [0.2, 0.25) is 0 Å². The average Bonchev–Trinajstić information content (AvgIpc) is 2.77. The molecular weight excluding hydrogens is 430 g/mol. The first-order valence-electron chi connectivity index (χ1n) is 8.69. The summed E-state index contributed by atoms with van der Waals surface area (Å²) in [6.45, 7) is 0. The highest BCUT2D eigenvalue weighted by atomic mass is 35.5. The van der Waals surface area contributed by atoms with Crippen LogP contribution in [0, 0.1) is 0 Å². The van der Waals surface area contributed by atoms with Gasteiger partial charge in [-0.15, -0.1) is 12.4 Å². The Hall–Kier alpha value is -3.66. The lowest BCUT2D eigenvalue weighted by Gasteiger charge is -2.18. The fraction of sp³-hybridized carbons (Fsp3) is 0.250. The molecular formula is C20H22ClN3O7. The Labute approximate surface area is 184 Å². The van der Waals surface area contributed by atoms with Crippen LogP contribution in [-0.4, -0.2) is 56.6 Å². The minimum Gasteiger partial charge on any atom is -0.493 e. The predicted octanol–water partition coefficient (Wildman–Crippen LogP) is 3.54. The molecule has 2 N–H and O–H groups in total. The van der Waals surface area contributed by atoms with Crippen molar-refractivity contribution in [3.8, 4) is 28.7 Å². The number of carboxylic acid groups (broad SMARTS) is 1. The summed E-state index contributed by atoms with van der Waals surface area (Å²) >= 11 is 0. The van der Waals surface area contributed by atoms with Gasteiger partial charge in [0, 0.05) is 18.2 Å². The zero-order valence-electron chi connectivity index (χ0n) is 17.5. The Kier molecular flexibility index (Phi) is 7.54. The summed E-state index contributed by atoms with van der Waals surface area (Å²) in [6, 6.07) is 4.56. The third kappa shape index (κ3) is 4.29. The Bertz CT molecular complexity index is 1110. The number of methoxy groups -OCH3 is 5. The lowest BCUT2D eigenvalue weighted by atomic mass is 10.1. The fourth-order valence-electron chi connectivity index (χ4n) is 3.07. The van der Waals surface area contributed by atoms with Crippen molar-refractivity contribution in [3.05, 3.63) is 30.1 Å². The first-order valence-corrected chi connectivity index (χ1v) is 8.69. The van der Waals surface area contributed by atoms with Crippen LogP contribution in [0.15, 0.2) is 24.5 Å². The third-order valence-corrected chi connectivity index (χ3v) is 4.44. The molecule has 1 aromatic heterocycles. The molecule has 2 aromatic carbocycles. The smallest absolute Gasteiger partial charge is 0.337 e. The normalized spacial score (nSPS) is 10.1. The molecule has 0 bridgehead atoms. The summed E-state index contributed by atoms with van der Waals surface area (Å²) < 4.78 is 26.8. The Morgan fingerprint density at radius 3 is 2.00 bits per heavy atom. The van der Waals surface area contributed by atoms with E-state index in [9.17, 15) is 9.90 Å². The lowest BCUT2D eigenvalue weighted by Crippen LogP contribution is -2.06. The number of ether oxygens (including phenoxy) is 5. The summed E-state index contributed by atoms with van der Waals surface area (Å²) in [4.78, 5) is 20.4.